The number of nitrogens with zero attached hydrogens (tertiary/aromatic N) is 1. The molecule has 0 aliphatic heterocycles. The summed E-state index contributed by atoms with van der Waals surface area (Å²) in [6.07, 6.45) is 0.417. The Hall–Kier alpha value is -3.35. The summed E-state index contributed by atoms with van der Waals surface area (Å²) in [5, 5.41) is 14.3. The van der Waals surface area contributed by atoms with Crippen LogP contribution >= 0.6 is 0 Å². The van der Waals surface area contributed by atoms with Crippen molar-refractivity contribution in [1.29, 1.82) is 0 Å². The second-order valence-corrected chi connectivity index (χ2v) is 7.21. The highest BCUT2D eigenvalue weighted by Gasteiger charge is 2.17. The van der Waals surface area contributed by atoms with E-state index in [9.17, 15) is 14.4 Å². The predicted octanol–water partition coefficient (Wildman–Crippen LogP) is 4.14. The van der Waals surface area contributed by atoms with Crippen LogP contribution in [0.1, 0.15) is 41.8 Å². The average Bonchev–Trinajstić information content (AvgIpc) is 2.66. The Kier molecular flexibility index (Phi) is 7.36. The number of amides is 3. The van der Waals surface area contributed by atoms with Crippen molar-refractivity contribution in [2.75, 3.05) is 17.7 Å². The fourth-order valence-corrected chi connectivity index (χ4v) is 2.70. The van der Waals surface area contributed by atoms with Gasteiger partial charge in [-0.1, -0.05) is 18.2 Å². The zero-order valence-corrected chi connectivity index (χ0v) is 17.2. The zero-order valence-electron chi connectivity index (χ0n) is 17.2. The van der Waals surface area contributed by atoms with E-state index in [4.69, 9.17) is 5.11 Å². The van der Waals surface area contributed by atoms with Crippen molar-refractivity contribution in [2.45, 2.75) is 39.7 Å². The SMILES string of the molecule is Cc1ccc(NC(=O)Nc2cccc(CCC(=O)O)c2)cc1C(=O)N(C)C(C)C. The van der Waals surface area contributed by atoms with E-state index in [-0.39, 0.29) is 18.4 Å². The van der Waals surface area contributed by atoms with Crippen molar-refractivity contribution in [3.8, 4) is 0 Å². The van der Waals surface area contributed by atoms with E-state index in [1.54, 1.807) is 48.3 Å². The molecule has 29 heavy (non-hydrogen) atoms. The Balaban J connectivity index is 2.08. The lowest BCUT2D eigenvalue weighted by Crippen LogP contribution is -2.33. The maximum absolute atomic E-state index is 12.6. The minimum absolute atomic E-state index is 0.0284. The van der Waals surface area contributed by atoms with Gasteiger partial charge in [0.15, 0.2) is 0 Å². The fraction of sp³-hybridized carbons (Fsp3) is 0.318. The van der Waals surface area contributed by atoms with Gasteiger partial charge in [0.1, 0.15) is 0 Å². The number of hydrogen-bond acceptors (Lipinski definition) is 3. The first kappa shape index (κ1) is 21.9. The van der Waals surface area contributed by atoms with Crippen molar-refractivity contribution >= 4 is 29.3 Å². The number of benzene rings is 2. The molecule has 2 aromatic carbocycles. The van der Waals surface area contributed by atoms with Crippen molar-refractivity contribution in [3.05, 3.63) is 59.2 Å². The Bertz CT molecular complexity index is 909. The molecule has 0 spiro atoms. The van der Waals surface area contributed by atoms with E-state index in [1.165, 1.54) is 0 Å². The number of carbonyl (C=O) groups is 3. The Morgan fingerprint density at radius 3 is 2.31 bits per heavy atom. The lowest BCUT2D eigenvalue weighted by Gasteiger charge is -2.22. The number of rotatable bonds is 7. The van der Waals surface area contributed by atoms with Crippen LogP contribution in [0.2, 0.25) is 0 Å². The van der Waals surface area contributed by atoms with Crippen LogP contribution in [-0.2, 0) is 11.2 Å². The molecule has 0 saturated carbocycles. The van der Waals surface area contributed by atoms with Crippen molar-refractivity contribution in [1.82, 2.24) is 4.90 Å². The molecule has 154 valence electrons. The van der Waals surface area contributed by atoms with Crippen LogP contribution < -0.4 is 10.6 Å². The number of urea groups is 1. The van der Waals surface area contributed by atoms with Crippen LogP contribution in [-0.4, -0.2) is 41.0 Å². The second kappa shape index (κ2) is 9.73. The van der Waals surface area contributed by atoms with E-state index in [1.807, 2.05) is 26.8 Å². The van der Waals surface area contributed by atoms with E-state index in [2.05, 4.69) is 10.6 Å². The molecule has 7 nitrogen and oxygen atoms in total. The van der Waals surface area contributed by atoms with E-state index >= 15 is 0 Å². The standard InChI is InChI=1S/C22H27N3O4/c1-14(2)25(4)21(28)19-13-18(10-8-15(19)3)24-22(29)23-17-7-5-6-16(12-17)9-11-20(26)27/h5-8,10,12-14H,9,11H2,1-4H3,(H,26,27)(H2,23,24,29). The fourth-order valence-electron chi connectivity index (χ4n) is 2.70. The van der Waals surface area contributed by atoms with Crippen LogP contribution in [0.5, 0.6) is 0 Å². The van der Waals surface area contributed by atoms with Crippen LogP contribution in [0.4, 0.5) is 16.2 Å². The Morgan fingerprint density at radius 2 is 1.69 bits per heavy atom. The first-order chi connectivity index (χ1) is 13.7. The molecular formula is C22H27N3O4. The molecular weight excluding hydrogens is 370 g/mol. The van der Waals surface area contributed by atoms with Crippen LogP contribution in [0.15, 0.2) is 42.5 Å². The number of carboxylic acid groups (broad SMARTS) is 1. The second-order valence-electron chi connectivity index (χ2n) is 7.21. The summed E-state index contributed by atoms with van der Waals surface area (Å²) in [5.74, 6) is -0.971. The Morgan fingerprint density at radius 1 is 1.03 bits per heavy atom. The van der Waals surface area contributed by atoms with Gasteiger partial charge in [-0.05, 0) is 62.6 Å². The summed E-state index contributed by atoms with van der Waals surface area (Å²) in [4.78, 5) is 37.4. The lowest BCUT2D eigenvalue weighted by molar-refractivity contribution is -0.136. The minimum atomic E-state index is -0.867. The molecule has 0 heterocycles. The molecule has 2 aromatic rings. The van der Waals surface area contributed by atoms with Crippen LogP contribution in [0.25, 0.3) is 0 Å². The number of aryl methyl sites for hydroxylation is 2. The van der Waals surface area contributed by atoms with E-state index in [0.717, 1.165) is 11.1 Å². The molecule has 0 aliphatic rings. The van der Waals surface area contributed by atoms with E-state index in [0.29, 0.717) is 23.4 Å². The van der Waals surface area contributed by atoms with Gasteiger partial charge < -0.3 is 20.6 Å². The largest absolute Gasteiger partial charge is 0.481 e. The zero-order chi connectivity index (χ0) is 21.6. The summed E-state index contributed by atoms with van der Waals surface area (Å²) in [6, 6.07) is 11.9. The summed E-state index contributed by atoms with van der Waals surface area (Å²) in [5.41, 5.74) is 3.27. The number of carbonyl (C=O) groups excluding carboxylic acids is 2. The molecule has 0 unspecified atom stereocenters. The van der Waals surface area contributed by atoms with Crippen LogP contribution in [0.3, 0.4) is 0 Å². The topological polar surface area (TPSA) is 98.7 Å². The van der Waals surface area contributed by atoms with Gasteiger partial charge in [0.2, 0.25) is 0 Å². The lowest BCUT2D eigenvalue weighted by atomic mass is 10.1. The maximum Gasteiger partial charge on any atom is 0.323 e. The highest BCUT2D eigenvalue weighted by Crippen LogP contribution is 2.19. The van der Waals surface area contributed by atoms with Gasteiger partial charge in [0.05, 0.1) is 0 Å². The van der Waals surface area contributed by atoms with E-state index < -0.39 is 12.0 Å². The highest BCUT2D eigenvalue weighted by atomic mass is 16.4. The smallest absolute Gasteiger partial charge is 0.323 e. The van der Waals surface area contributed by atoms with Crippen LogP contribution in [0, 0.1) is 6.92 Å². The molecule has 0 aliphatic carbocycles. The normalized spacial score (nSPS) is 10.5. The third-order valence-electron chi connectivity index (χ3n) is 4.63. The van der Waals surface area contributed by atoms with Gasteiger partial charge in [-0.25, -0.2) is 4.79 Å². The van der Waals surface area contributed by atoms with Crippen molar-refractivity contribution in [3.63, 3.8) is 0 Å². The van der Waals surface area contributed by atoms with Gasteiger partial charge in [-0.15, -0.1) is 0 Å². The first-order valence-corrected chi connectivity index (χ1v) is 9.44. The van der Waals surface area contributed by atoms with Gasteiger partial charge in [0, 0.05) is 36.4 Å². The Labute approximate surface area is 170 Å². The molecule has 0 bridgehead atoms. The summed E-state index contributed by atoms with van der Waals surface area (Å²) in [7, 11) is 1.75. The summed E-state index contributed by atoms with van der Waals surface area (Å²) >= 11 is 0. The van der Waals surface area contributed by atoms with Gasteiger partial charge in [0.25, 0.3) is 5.91 Å². The first-order valence-electron chi connectivity index (χ1n) is 9.44. The molecule has 0 fully saturated rings. The third kappa shape index (κ3) is 6.34. The van der Waals surface area contributed by atoms with Gasteiger partial charge >= 0.3 is 12.0 Å². The number of aliphatic carboxylic acids is 1. The van der Waals surface area contributed by atoms with Crippen molar-refractivity contribution < 1.29 is 19.5 Å². The summed E-state index contributed by atoms with van der Waals surface area (Å²) in [6.45, 7) is 5.73. The molecule has 2 rings (SSSR count). The number of nitrogens with one attached hydrogen (secondary N) is 2. The monoisotopic (exact) mass is 397 g/mol. The summed E-state index contributed by atoms with van der Waals surface area (Å²) < 4.78 is 0. The highest BCUT2D eigenvalue weighted by molar-refractivity contribution is 6.02. The molecule has 0 atom stereocenters. The maximum atomic E-state index is 12.6. The third-order valence-corrected chi connectivity index (χ3v) is 4.63. The molecule has 0 saturated heterocycles. The quantitative estimate of drug-likeness (QED) is 0.654. The number of carboxylic acids is 1. The molecule has 3 amide bonds. The predicted molar refractivity (Wildman–Crippen MR) is 113 cm³/mol. The molecule has 3 N–H and O–H groups in total. The average molecular weight is 397 g/mol. The van der Waals surface area contributed by atoms with Gasteiger partial charge in [-0.2, -0.15) is 0 Å². The molecule has 7 heteroatoms. The number of hydrogen-bond donors (Lipinski definition) is 3. The number of anilines is 2. The van der Waals surface area contributed by atoms with Gasteiger partial charge in [-0.3, -0.25) is 9.59 Å². The molecule has 0 radical (unpaired) electrons. The van der Waals surface area contributed by atoms with Crippen molar-refractivity contribution in [2.24, 2.45) is 0 Å². The molecule has 0 aromatic heterocycles. The minimum Gasteiger partial charge on any atom is -0.481 e.